The van der Waals surface area contributed by atoms with Crippen molar-refractivity contribution in [2.75, 3.05) is 33.5 Å². The molecule has 4 nitrogen and oxygen atoms in total. The van der Waals surface area contributed by atoms with E-state index in [4.69, 9.17) is 14.2 Å². The van der Waals surface area contributed by atoms with E-state index in [1.54, 1.807) is 7.11 Å². The third-order valence-electron chi connectivity index (χ3n) is 2.78. The van der Waals surface area contributed by atoms with Gasteiger partial charge in [-0.2, -0.15) is 0 Å². The van der Waals surface area contributed by atoms with Gasteiger partial charge in [0.25, 0.3) is 0 Å². The van der Waals surface area contributed by atoms with Crippen molar-refractivity contribution in [3.63, 3.8) is 0 Å². The minimum atomic E-state index is -0.661. The first-order valence-electron chi connectivity index (χ1n) is 5.49. The first-order chi connectivity index (χ1) is 7.25. The van der Waals surface area contributed by atoms with Gasteiger partial charge >= 0.3 is 0 Å². The lowest BCUT2D eigenvalue weighted by Gasteiger charge is -2.34. The van der Waals surface area contributed by atoms with Gasteiger partial charge in [0.1, 0.15) is 12.2 Å². The molecule has 0 bridgehead atoms. The third kappa shape index (κ3) is 3.26. The Morgan fingerprint density at radius 1 is 1.40 bits per heavy atom. The maximum absolute atomic E-state index is 11.9. The number of Topliss-reactive ketones (excluding diaryl/α,β-unsaturated/α-hetero) is 1. The van der Waals surface area contributed by atoms with Gasteiger partial charge in [0.05, 0.1) is 0 Å². The van der Waals surface area contributed by atoms with Gasteiger partial charge < -0.3 is 14.2 Å². The molecule has 1 saturated heterocycles. The lowest BCUT2D eigenvalue weighted by Crippen LogP contribution is -2.47. The fraction of sp³-hybridized carbons (Fsp3) is 0.909. The SMILES string of the molecule is CCCOCC(=O)C1(OC)CCOCC1. The van der Waals surface area contributed by atoms with Crippen LogP contribution in [0.3, 0.4) is 0 Å². The summed E-state index contributed by atoms with van der Waals surface area (Å²) in [7, 11) is 1.59. The molecule has 0 amide bonds. The molecule has 1 rings (SSSR count). The zero-order valence-corrected chi connectivity index (χ0v) is 9.58. The van der Waals surface area contributed by atoms with Crippen LogP contribution in [0.15, 0.2) is 0 Å². The summed E-state index contributed by atoms with van der Waals surface area (Å²) in [5, 5.41) is 0. The lowest BCUT2D eigenvalue weighted by atomic mass is 9.89. The average Bonchev–Trinajstić information content (AvgIpc) is 2.30. The maximum Gasteiger partial charge on any atom is 0.190 e. The van der Waals surface area contributed by atoms with Crippen molar-refractivity contribution in [2.45, 2.75) is 31.8 Å². The summed E-state index contributed by atoms with van der Waals surface area (Å²) in [6.07, 6.45) is 2.20. The van der Waals surface area contributed by atoms with Crippen LogP contribution in [0.2, 0.25) is 0 Å². The Kier molecular flexibility index (Phi) is 5.22. The molecule has 0 aliphatic carbocycles. The number of hydrogen-bond acceptors (Lipinski definition) is 4. The Hall–Kier alpha value is -0.450. The van der Waals surface area contributed by atoms with Crippen molar-refractivity contribution in [3.05, 3.63) is 0 Å². The molecule has 0 spiro atoms. The number of ether oxygens (including phenoxy) is 3. The lowest BCUT2D eigenvalue weighted by molar-refractivity contribution is -0.157. The molecule has 1 aliphatic rings. The van der Waals surface area contributed by atoms with E-state index < -0.39 is 5.60 Å². The molecule has 0 aromatic carbocycles. The van der Waals surface area contributed by atoms with E-state index >= 15 is 0 Å². The van der Waals surface area contributed by atoms with Crippen molar-refractivity contribution in [2.24, 2.45) is 0 Å². The third-order valence-corrected chi connectivity index (χ3v) is 2.78. The number of carbonyl (C=O) groups excluding carboxylic acids is 1. The van der Waals surface area contributed by atoms with Gasteiger partial charge in [-0.1, -0.05) is 6.92 Å². The van der Waals surface area contributed by atoms with Gasteiger partial charge in [0.2, 0.25) is 0 Å². The molecule has 1 heterocycles. The smallest absolute Gasteiger partial charge is 0.190 e. The van der Waals surface area contributed by atoms with E-state index in [2.05, 4.69) is 0 Å². The molecular weight excluding hydrogens is 196 g/mol. The van der Waals surface area contributed by atoms with Crippen LogP contribution in [0.5, 0.6) is 0 Å². The van der Waals surface area contributed by atoms with Crippen LogP contribution >= 0.6 is 0 Å². The Balaban J connectivity index is 2.45. The zero-order chi connectivity index (χ0) is 11.1. The quantitative estimate of drug-likeness (QED) is 0.625. The highest BCUT2D eigenvalue weighted by Crippen LogP contribution is 2.25. The number of ketones is 1. The van der Waals surface area contributed by atoms with E-state index in [1.165, 1.54) is 0 Å². The van der Waals surface area contributed by atoms with E-state index in [0.717, 1.165) is 6.42 Å². The molecule has 0 unspecified atom stereocenters. The van der Waals surface area contributed by atoms with Gasteiger partial charge in [0, 0.05) is 39.8 Å². The molecule has 15 heavy (non-hydrogen) atoms. The first-order valence-corrected chi connectivity index (χ1v) is 5.49. The van der Waals surface area contributed by atoms with E-state index in [1.807, 2.05) is 6.92 Å². The van der Waals surface area contributed by atoms with Crippen LogP contribution in [0.25, 0.3) is 0 Å². The molecule has 88 valence electrons. The molecule has 0 aromatic rings. The molecule has 0 saturated carbocycles. The largest absolute Gasteiger partial charge is 0.381 e. The molecule has 0 N–H and O–H groups in total. The normalized spacial score (nSPS) is 20.1. The van der Waals surface area contributed by atoms with E-state index in [-0.39, 0.29) is 12.4 Å². The highest BCUT2D eigenvalue weighted by molar-refractivity contribution is 5.88. The topological polar surface area (TPSA) is 44.8 Å². The Morgan fingerprint density at radius 2 is 2.07 bits per heavy atom. The van der Waals surface area contributed by atoms with Gasteiger partial charge in [0.15, 0.2) is 5.78 Å². The van der Waals surface area contributed by atoms with Crippen molar-refractivity contribution < 1.29 is 19.0 Å². The predicted molar refractivity (Wildman–Crippen MR) is 55.9 cm³/mol. The minimum absolute atomic E-state index is 0.0433. The maximum atomic E-state index is 11.9. The van der Waals surface area contributed by atoms with Crippen LogP contribution in [0.4, 0.5) is 0 Å². The standard InChI is InChI=1S/C11H20O4/c1-3-6-15-9-10(12)11(13-2)4-7-14-8-5-11/h3-9H2,1-2H3. The van der Waals surface area contributed by atoms with Gasteiger partial charge in [-0.3, -0.25) is 4.79 Å². The summed E-state index contributed by atoms with van der Waals surface area (Å²) in [5.41, 5.74) is -0.661. The highest BCUT2D eigenvalue weighted by Gasteiger charge is 2.39. The molecule has 0 aromatic heterocycles. The van der Waals surface area contributed by atoms with Crippen molar-refractivity contribution in [3.8, 4) is 0 Å². The average molecular weight is 216 g/mol. The molecular formula is C11H20O4. The molecule has 1 aliphatic heterocycles. The summed E-state index contributed by atoms with van der Waals surface area (Å²) in [5.74, 6) is 0.0433. The summed E-state index contributed by atoms with van der Waals surface area (Å²) in [6, 6.07) is 0. The van der Waals surface area contributed by atoms with Crippen molar-refractivity contribution in [1.82, 2.24) is 0 Å². The summed E-state index contributed by atoms with van der Waals surface area (Å²) < 4.78 is 15.8. The van der Waals surface area contributed by atoms with Crippen LogP contribution in [-0.2, 0) is 19.0 Å². The summed E-state index contributed by atoms with van der Waals surface area (Å²) in [6.45, 7) is 3.98. The second-order valence-corrected chi connectivity index (χ2v) is 3.79. The monoisotopic (exact) mass is 216 g/mol. The second kappa shape index (κ2) is 6.20. The van der Waals surface area contributed by atoms with Gasteiger partial charge in [-0.05, 0) is 6.42 Å². The molecule has 4 heteroatoms. The van der Waals surface area contributed by atoms with E-state index in [0.29, 0.717) is 32.7 Å². The van der Waals surface area contributed by atoms with E-state index in [9.17, 15) is 4.79 Å². The van der Waals surface area contributed by atoms with Crippen LogP contribution in [0, 0.1) is 0 Å². The summed E-state index contributed by atoms with van der Waals surface area (Å²) >= 11 is 0. The fourth-order valence-corrected chi connectivity index (χ4v) is 1.74. The van der Waals surface area contributed by atoms with Gasteiger partial charge in [-0.15, -0.1) is 0 Å². The number of carbonyl (C=O) groups is 1. The molecule has 1 fully saturated rings. The Bertz CT molecular complexity index is 197. The van der Waals surface area contributed by atoms with Gasteiger partial charge in [-0.25, -0.2) is 0 Å². The highest BCUT2D eigenvalue weighted by atomic mass is 16.5. The van der Waals surface area contributed by atoms with Crippen LogP contribution < -0.4 is 0 Å². The number of hydrogen-bond donors (Lipinski definition) is 0. The number of rotatable bonds is 6. The minimum Gasteiger partial charge on any atom is -0.381 e. The fourth-order valence-electron chi connectivity index (χ4n) is 1.74. The first kappa shape index (κ1) is 12.6. The zero-order valence-electron chi connectivity index (χ0n) is 9.58. The molecule has 0 radical (unpaired) electrons. The van der Waals surface area contributed by atoms with Crippen LogP contribution in [-0.4, -0.2) is 44.9 Å². The number of methoxy groups -OCH3 is 1. The van der Waals surface area contributed by atoms with Crippen molar-refractivity contribution in [1.29, 1.82) is 0 Å². The van der Waals surface area contributed by atoms with Crippen LogP contribution in [0.1, 0.15) is 26.2 Å². The molecule has 0 atom stereocenters. The Morgan fingerprint density at radius 3 is 2.60 bits per heavy atom. The summed E-state index contributed by atoms with van der Waals surface area (Å²) in [4.78, 5) is 11.9. The second-order valence-electron chi connectivity index (χ2n) is 3.79. The van der Waals surface area contributed by atoms with Crippen molar-refractivity contribution >= 4 is 5.78 Å². The predicted octanol–water partition coefficient (Wildman–Crippen LogP) is 1.18. The Labute approximate surface area is 90.9 Å².